The van der Waals surface area contributed by atoms with E-state index < -0.39 is 0 Å². The topological polar surface area (TPSA) is 50.1 Å². The van der Waals surface area contributed by atoms with Crippen LogP contribution in [0.15, 0.2) is 18.2 Å². The van der Waals surface area contributed by atoms with Crippen LogP contribution in [0.1, 0.15) is 31.2 Å². The largest absolute Gasteiger partial charge is 0.492 e. The maximum atomic E-state index is 11.4. The van der Waals surface area contributed by atoms with Crippen molar-refractivity contribution < 1.29 is 9.53 Å². The van der Waals surface area contributed by atoms with E-state index in [1.807, 2.05) is 6.07 Å². The first-order chi connectivity index (χ1) is 8.70. The minimum atomic E-state index is 0.155. The van der Waals surface area contributed by atoms with Gasteiger partial charge in [-0.05, 0) is 37.5 Å². The Hall–Kier alpha value is -1.53. The van der Waals surface area contributed by atoms with Gasteiger partial charge in [-0.25, -0.2) is 0 Å². The van der Waals surface area contributed by atoms with E-state index in [2.05, 4.69) is 0 Å². The van der Waals surface area contributed by atoms with Crippen molar-refractivity contribution >= 4 is 17.4 Å². The number of carbonyl (C=O) groups is 1. The third-order valence-corrected chi connectivity index (χ3v) is 3.51. The van der Waals surface area contributed by atoms with Crippen LogP contribution in [0, 0.1) is 17.2 Å². The van der Waals surface area contributed by atoms with Crippen LogP contribution in [0.4, 0.5) is 0 Å². The minimum absolute atomic E-state index is 0.155. The van der Waals surface area contributed by atoms with E-state index in [1.165, 1.54) is 0 Å². The summed E-state index contributed by atoms with van der Waals surface area (Å²) in [6.07, 6.45) is 3.43. The fourth-order valence-corrected chi connectivity index (χ4v) is 2.43. The summed E-state index contributed by atoms with van der Waals surface area (Å²) in [5, 5.41) is 9.15. The van der Waals surface area contributed by atoms with Crippen molar-refractivity contribution in [1.29, 1.82) is 5.26 Å². The predicted molar refractivity (Wildman–Crippen MR) is 68.6 cm³/mol. The Morgan fingerprint density at radius 1 is 1.50 bits per heavy atom. The van der Waals surface area contributed by atoms with Gasteiger partial charge in [0.1, 0.15) is 11.5 Å². The van der Waals surface area contributed by atoms with Gasteiger partial charge < -0.3 is 4.74 Å². The van der Waals surface area contributed by atoms with Gasteiger partial charge in [-0.2, -0.15) is 5.26 Å². The Morgan fingerprint density at radius 3 is 2.94 bits per heavy atom. The summed E-state index contributed by atoms with van der Waals surface area (Å²) in [7, 11) is 0. The normalized spacial score (nSPS) is 18.7. The molecule has 2 rings (SSSR count). The molecule has 0 aromatic heterocycles. The fraction of sp³-hybridized carbons (Fsp3) is 0.429. The summed E-state index contributed by atoms with van der Waals surface area (Å²) in [6, 6.07) is 6.96. The number of benzene rings is 1. The van der Waals surface area contributed by atoms with Gasteiger partial charge in [0.2, 0.25) is 0 Å². The molecule has 0 amide bonds. The smallest absolute Gasteiger partial charge is 0.137 e. The molecule has 1 fully saturated rings. The zero-order chi connectivity index (χ0) is 13.0. The molecule has 1 atom stereocenters. The number of halogens is 1. The van der Waals surface area contributed by atoms with Gasteiger partial charge in [-0.15, -0.1) is 0 Å². The number of nitriles is 1. The fourth-order valence-electron chi connectivity index (χ4n) is 2.19. The predicted octanol–water partition coefficient (Wildman–Crippen LogP) is 3.35. The quantitative estimate of drug-likeness (QED) is 0.837. The first-order valence-corrected chi connectivity index (χ1v) is 6.43. The van der Waals surface area contributed by atoms with Gasteiger partial charge in [0.05, 0.1) is 23.3 Å². The van der Waals surface area contributed by atoms with Crippen LogP contribution in [0.2, 0.25) is 5.02 Å². The first kappa shape index (κ1) is 12.9. The standard InChI is InChI=1S/C14H14ClNO2/c15-12-8-10(9-16)4-5-14(12)18-7-6-11-2-1-3-13(11)17/h4-5,8,11H,1-3,6-7H2. The van der Waals surface area contributed by atoms with E-state index in [-0.39, 0.29) is 5.92 Å². The Bertz CT molecular complexity index is 493. The van der Waals surface area contributed by atoms with Crippen molar-refractivity contribution in [3.63, 3.8) is 0 Å². The van der Waals surface area contributed by atoms with Crippen LogP contribution in [-0.4, -0.2) is 12.4 Å². The van der Waals surface area contributed by atoms with E-state index >= 15 is 0 Å². The number of ketones is 1. The van der Waals surface area contributed by atoms with Crippen molar-refractivity contribution in [1.82, 2.24) is 0 Å². The van der Waals surface area contributed by atoms with Crippen LogP contribution < -0.4 is 4.74 Å². The molecule has 94 valence electrons. The van der Waals surface area contributed by atoms with E-state index in [0.717, 1.165) is 19.3 Å². The van der Waals surface area contributed by atoms with Gasteiger partial charge in [0, 0.05) is 12.3 Å². The van der Waals surface area contributed by atoms with E-state index in [1.54, 1.807) is 18.2 Å². The second-order valence-corrected chi connectivity index (χ2v) is 4.86. The van der Waals surface area contributed by atoms with Gasteiger partial charge in [-0.1, -0.05) is 11.6 Å². The molecule has 0 N–H and O–H groups in total. The van der Waals surface area contributed by atoms with E-state index in [0.29, 0.717) is 35.1 Å². The third-order valence-electron chi connectivity index (χ3n) is 3.22. The second kappa shape index (κ2) is 5.88. The molecular formula is C14H14ClNO2. The molecule has 1 saturated carbocycles. The van der Waals surface area contributed by atoms with E-state index in [9.17, 15) is 4.79 Å². The highest BCUT2D eigenvalue weighted by atomic mass is 35.5. The molecule has 0 radical (unpaired) electrons. The average molecular weight is 264 g/mol. The number of ether oxygens (including phenoxy) is 1. The Morgan fingerprint density at radius 2 is 2.33 bits per heavy atom. The molecule has 0 aliphatic heterocycles. The zero-order valence-corrected chi connectivity index (χ0v) is 10.7. The molecule has 3 nitrogen and oxygen atoms in total. The molecule has 0 saturated heterocycles. The van der Waals surface area contributed by atoms with Gasteiger partial charge in [-0.3, -0.25) is 4.79 Å². The Labute approximate surface area is 111 Å². The number of hydrogen-bond acceptors (Lipinski definition) is 3. The molecule has 0 heterocycles. The minimum Gasteiger partial charge on any atom is -0.492 e. The van der Waals surface area contributed by atoms with Gasteiger partial charge in [0.25, 0.3) is 0 Å². The van der Waals surface area contributed by atoms with Crippen molar-refractivity contribution in [2.45, 2.75) is 25.7 Å². The number of carbonyl (C=O) groups excluding carboxylic acids is 1. The van der Waals surface area contributed by atoms with Crippen LogP contribution >= 0.6 is 11.6 Å². The molecule has 1 aliphatic carbocycles. The molecule has 1 aliphatic rings. The van der Waals surface area contributed by atoms with Crippen molar-refractivity contribution in [3.05, 3.63) is 28.8 Å². The first-order valence-electron chi connectivity index (χ1n) is 6.06. The molecular weight excluding hydrogens is 250 g/mol. The summed E-state index contributed by atoms with van der Waals surface area (Å²) in [5.41, 5.74) is 0.512. The molecule has 1 unspecified atom stereocenters. The van der Waals surface area contributed by atoms with Crippen molar-refractivity contribution in [2.24, 2.45) is 5.92 Å². The summed E-state index contributed by atoms with van der Waals surface area (Å²) in [6.45, 7) is 0.488. The third kappa shape index (κ3) is 3.02. The molecule has 1 aromatic carbocycles. The monoisotopic (exact) mass is 263 g/mol. The SMILES string of the molecule is N#Cc1ccc(OCCC2CCCC2=O)c(Cl)c1. The lowest BCUT2D eigenvalue weighted by atomic mass is 10.0. The Balaban J connectivity index is 1.87. The number of nitrogens with zero attached hydrogens (tertiary/aromatic N) is 1. The lowest BCUT2D eigenvalue weighted by Gasteiger charge is -2.10. The molecule has 0 bridgehead atoms. The lowest BCUT2D eigenvalue weighted by Crippen LogP contribution is -2.11. The summed E-state index contributed by atoms with van der Waals surface area (Å²) < 4.78 is 5.55. The summed E-state index contributed by atoms with van der Waals surface area (Å²) >= 11 is 5.99. The van der Waals surface area contributed by atoms with Gasteiger partial charge in [0.15, 0.2) is 0 Å². The van der Waals surface area contributed by atoms with Crippen molar-refractivity contribution in [2.75, 3.05) is 6.61 Å². The highest BCUT2D eigenvalue weighted by Crippen LogP contribution is 2.27. The Kier molecular flexibility index (Phi) is 4.22. The number of Topliss-reactive ketones (excluding diaryl/α,β-unsaturated/α-hetero) is 1. The zero-order valence-electron chi connectivity index (χ0n) is 9.99. The highest BCUT2D eigenvalue weighted by Gasteiger charge is 2.23. The van der Waals surface area contributed by atoms with Gasteiger partial charge >= 0.3 is 0 Å². The van der Waals surface area contributed by atoms with Crippen LogP contribution in [-0.2, 0) is 4.79 Å². The highest BCUT2D eigenvalue weighted by molar-refractivity contribution is 6.32. The van der Waals surface area contributed by atoms with Crippen LogP contribution in [0.25, 0.3) is 0 Å². The molecule has 0 spiro atoms. The lowest BCUT2D eigenvalue weighted by molar-refractivity contribution is -0.121. The average Bonchev–Trinajstić information content (AvgIpc) is 2.77. The van der Waals surface area contributed by atoms with Crippen molar-refractivity contribution in [3.8, 4) is 11.8 Å². The molecule has 4 heteroatoms. The summed E-state index contributed by atoms with van der Waals surface area (Å²) in [5.74, 6) is 1.08. The second-order valence-electron chi connectivity index (χ2n) is 4.45. The van der Waals surface area contributed by atoms with Crippen LogP contribution in [0.3, 0.4) is 0 Å². The maximum absolute atomic E-state index is 11.4. The summed E-state index contributed by atoms with van der Waals surface area (Å²) in [4.78, 5) is 11.4. The number of hydrogen-bond donors (Lipinski definition) is 0. The molecule has 18 heavy (non-hydrogen) atoms. The maximum Gasteiger partial charge on any atom is 0.137 e. The van der Waals surface area contributed by atoms with E-state index in [4.69, 9.17) is 21.6 Å². The van der Waals surface area contributed by atoms with Crippen LogP contribution in [0.5, 0.6) is 5.75 Å². The number of rotatable bonds is 4. The molecule has 1 aromatic rings.